The lowest BCUT2D eigenvalue weighted by atomic mass is 9.46. The van der Waals surface area contributed by atoms with Crippen LogP contribution in [0.15, 0.2) is 0 Å². The summed E-state index contributed by atoms with van der Waals surface area (Å²) in [6.45, 7) is 22.5. The van der Waals surface area contributed by atoms with E-state index in [9.17, 15) is 5.11 Å². The van der Waals surface area contributed by atoms with Crippen molar-refractivity contribution in [3.63, 3.8) is 0 Å². The van der Waals surface area contributed by atoms with Crippen LogP contribution in [-0.4, -0.2) is 92.4 Å². The molecule has 3 heterocycles. The van der Waals surface area contributed by atoms with Crippen molar-refractivity contribution in [3.8, 4) is 12.8 Å². The van der Waals surface area contributed by atoms with Crippen molar-refractivity contribution in [2.45, 2.75) is 156 Å². The van der Waals surface area contributed by atoms with E-state index in [2.05, 4.69) is 45.4 Å². The molecule has 0 amide bonds. The van der Waals surface area contributed by atoms with E-state index in [4.69, 9.17) is 23.7 Å². The average Bonchev–Trinajstić information content (AvgIpc) is 3.41. The lowest BCUT2D eigenvalue weighted by Crippen LogP contribution is -2.58. The summed E-state index contributed by atoms with van der Waals surface area (Å²) < 4.78 is 31.4. The molecule has 274 valence electrons. The van der Waals surface area contributed by atoms with Crippen LogP contribution in [0, 0.1) is 64.1 Å². The first-order valence-corrected chi connectivity index (χ1v) is 19.7. The highest BCUT2D eigenvalue weighted by atomic mass is 16.7. The Labute approximate surface area is 292 Å². The molecule has 8 rings (SSSR count). The highest BCUT2D eigenvalue weighted by Crippen LogP contribution is 2.89. The number of fused-ring (bicyclic) bond motifs is 4. The van der Waals surface area contributed by atoms with Crippen molar-refractivity contribution in [2.75, 3.05) is 40.0 Å². The van der Waals surface area contributed by atoms with Crippen LogP contribution in [0.2, 0.25) is 0 Å². The summed E-state index contributed by atoms with van der Waals surface area (Å²) in [5, 5.41) is 10.8. The number of ether oxygens (including phenoxy) is 5. The number of methoxy groups -OCH3 is 1. The Hall–Kier alpha value is -0.720. The fourth-order valence-corrected chi connectivity index (χ4v) is 14.0. The molecule has 3 saturated heterocycles. The lowest BCUT2D eigenvalue weighted by Gasteiger charge is -2.60. The van der Waals surface area contributed by atoms with Gasteiger partial charge in [-0.2, -0.15) is 0 Å². The van der Waals surface area contributed by atoms with E-state index in [1.807, 2.05) is 27.7 Å². The number of morpholine rings is 1. The van der Waals surface area contributed by atoms with Crippen molar-refractivity contribution >= 4 is 0 Å². The largest absolute Gasteiger partial charge is 0.388 e. The smallest absolute Gasteiger partial charge is 0.170 e. The number of hydrogen-bond acceptors (Lipinski definition) is 7. The molecule has 4 unspecified atom stereocenters. The van der Waals surface area contributed by atoms with E-state index in [0.717, 1.165) is 63.0 Å². The minimum atomic E-state index is -0.900. The highest BCUT2D eigenvalue weighted by Gasteiger charge is 2.84. The Morgan fingerprint density at radius 1 is 0.917 bits per heavy atom. The average molecular weight is 672 g/mol. The van der Waals surface area contributed by atoms with Gasteiger partial charge in [0.25, 0.3) is 0 Å². The summed E-state index contributed by atoms with van der Waals surface area (Å²) in [6.07, 6.45) is 19.6. The molecule has 5 saturated carbocycles. The topological polar surface area (TPSA) is 69.6 Å². The normalized spacial score (nSPS) is 48.3. The standard InChI is InChI=1S/C37H61NO6.C2H6.C2H2/c1-22-36-15-14-35(6)25-8-10-27(32(40-7)34(4,5)39)43-28(25)18-26(35)24(36)9-11-29-33(2,3)30(12-13-37(22,29)36)44-31-19-38(16-17-42-31)23-20-41-21-23;2*1-2/h22-32,39H,8-21H2,1-7H3;1-2H3;1-2H/t22-,24-,25-,26?,27+,28+,29?,30-,31?,32-,35+,36-,37?;;/m0../s1. The summed E-state index contributed by atoms with van der Waals surface area (Å²) in [5.41, 5.74) is 0.607. The number of aliphatic hydroxyl groups is 1. The molecule has 8 aliphatic rings. The zero-order valence-corrected chi connectivity index (χ0v) is 31.8. The third kappa shape index (κ3) is 5.31. The van der Waals surface area contributed by atoms with Crippen molar-refractivity contribution < 1.29 is 28.8 Å². The van der Waals surface area contributed by atoms with E-state index in [0.29, 0.717) is 34.3 Å². The molecular formula is C41H69NO6. The van der Waals surface area contributed by atoms with Gasteiger partial charge in [0.2, 0.25) is 0 Å². The van der Waals surface area contributed by atoms with Gasteiger partial charge in [-0.15, -0.1) is 12.8 Å². The van der Waals surface area contributed by atoms with Crippen LogP contribution in [0.5, 0.6) is 0 Å². The molecule has 0 aromatic rings. The van der Waals surface area contributed by atoms with Crippen molar-refractivity contribution in [1.82, 2.24) is 4.90 Å². The van der Waals surface area contributed by atoms with Gasteiger partial charge in [0.05, 0.1) is 56.3 Å². The van der Waals surface area contributed by atoms with Crippen molar-refractivity contribution in [1.29, 1.82) is 0 Å². The summed E-state index contributed by atoms with van der Waals surface area (Å²) >= 11 is 0. The molecule has 3 aliphatic heterocycles. The molecule has 1 N–H and O–H groups in total. The molecule has 0 aromatic heterocycles. The molecule has 0 bridgehead atoms. The van der Waals surface area contributed by atoms with Gasteiger partial charge in [0.1, 0.15) is 6.10 Å². The van der Waals surface area contributed by atoms with Gasteiger partial charge in [-0.05, 0) is 123 Å². The molecule has 8 fully saturated rings. The number of nitrogens with zero attached hydrogens (tertiary/aromatic N) is 1. The second-order valence-electron chi connectivity index (χ2n) is 18.1. The third-order valence-electron chi connectivity index (χ3n) is 16.0. The fourth-order valence-electron chi connectivity index (χ4n) is 14.0. The first-order valence-electron chi connectivity index (χ1n) is 19.7. The summed E-state index contributed by atoms with van der Waals surface area (Å²) in [7, 11) is 1.73. The summed E-state index contributed by atoms with van der Waals surface area (Å²) in [5.74, 6) is 3.75. The third-order valence-corrected chi connectivity index (χ3v) is 16.0. The molecule has 48 heavy (non-hydrogen) atoms. The number of terminal acetylenes is 1. The Balaban J connectivity index is 0.000000969. The van der Waals surface area contributed by atoms with Crippen LogP contribution < -0.4 is 0 Å². The van der Waals surface area contributed by atoms with Crippen LogP contribution in [0.3, 0.4) is 0 Å². The molecular weight excluding hydrogens is 602 g/mol. The van der Waals surface area contributed by atoms with E-state index in [-0.39, 0.29) is 30.0 Å². The molecule has 2 spiro atoms. The predicted octanol–water partition coefficient (Wildman–Crippen LogP) is 6.94. The second kappa shape index (κ2) is 13.4. The second-order valence-corrected chi connectivity index (χ2v) is 18.1. The van der Waals surface area contributed by atoms with E-state index in [1.54, 1.807) is 7.11 Å². The molecule has 7 heteroatoms. The van der Waals surface area contributed by atoms with Gasteiger partial charge in [0, 0.05) is 13.7 Å². The SMILES string of the molecule is C#C.CC.CO[C@@H]([C@H]1CC[C@H]2[C@@H](CC3[C@@H]4CCC5C(C)(C)[C@@H](OC6CN(C7COC7)CCO6)CCC56[C@@H](C)[C@@]46CC[C@@]32C)O1)C(C)(C)O. The van der Waals surface area contributed by atoms with E-state index < -0.39 is 5.60 Å². The van der Waals surface area contributed by atoms with Crippen LogP contribution in [0.4, 0.5) is 0 Å². The minimum Gasteiger partial charge on any atom is -0.388 e. The number of hydrogen-bond donors (Lipinski definition) is 1. The first-order chi connectivity index (χ1) is 22.9. The van der Waals surface area contributed by atoms with Crippen LogP contribution in [0.1, 0.15) is 113 Å². The zero-order valence-electron chi connectivity index (χ0n) is 31.8. The summed E-state index contributed by atoms with van der Waals surface area (Å²) in [6, 6.07) is 0.547. The van der Waals surface area contributed by atoms with Gasteiger partial charge >= 0.3 is 0 Å². The Morgan fingerprint density at radius 3 is 2.27 bits per heavy atom. The quantitative estimate of drug-likeness (QED) is 0.307. The zero-order chi connectivity index (χ0) is 34.9. The fraction of sp³-hybridized carbons (Fsp3) is 0.951. The molecule has 0 aromatic carbocycles. The van der Waals surface area contributed by atoms with Crippen molar-refractivity contribution in [2.24, 2.45) is 51.2 Å². The van der Waals surface area contributed by atoms with Gasteiger partial charge in [-0.1, -0.05) is 41.5 Å². The van der Waals surface area contributed by atoms with E-state index in [1.165, 1.54) is 51.4 Å². The van der Waals surface area contributed by atoms with Gasteiger partial charge in [-0.25, -0.2) is 0 Å². The maximum atomic E-state index is 10.8. The highest BCUT2D eigenvalue weighted by molar-refractivity contribution is 5.32. The van der Waals surface area contributed by atoms with Gasteiger partial charge in [-0.3, -0.25) is 4.90 Å². The maximum absolute atomic E-state index is 10.8. The monoisotopic (exact) mass is 672 g/mol. The maximum Gasteiger partial charge on any atom is 0.170 e. The van der Waals surface area contributed by atoms with Crippen molar-refractivity contribution in [3.05, 3.63) is 0 Å². The molecule has 0 radical (unpaired) electrons. The van der Waals surface area contributed by atoms with Crippen LogP contribution in [0.25, 0.3) is 0 Å². The van der Waals surface area contributed by atoms with E-state index >= 15 is 0 Å². The first kappa shape index (κ1) is 37.1. The van der Waals surface area contributed by atoms with Gasteiger partial charge < -0.3 is 28.8 Å². The lowest BCUT2D eigenvalue weighted by molar-refractivity contribution is -0.253. The molecule has 5 aliphatic carbocycles. The van der Waals surface area contributed by atoms with Gasteiger partial charge in [0.15, 0.2) is 6.29 Å². The Kier molecular flexibility index (Phi) is 10.3. The minimum absolute atomic E-state index is 0.0146. The Bertz CT molecular complexity index is 1150. The Morgan fingerprint density at radius 2 is 1.62 bits per heavy atom. The molecule has 13 atom stereocenters. The number of rotatable bonds is 6. The summed E-state index contributed by atoms with van der Waals surface area (Å²) in [4.78, 5) is 2.53. The molecule has 7 nitrogen and oxygen atoms in total. The predicted molar refractivity (Wildman–Crippen MR) is 189 cm³/mol. The van der Waals surface area contributed by atoms with Crippen LogP contribution >= 0.6 is 0 Å². The van der Waals surface area contributed by atoms with Crippen LogP contribution in [-0.2, 0) is 23.7 Å².